The minimum Gasteiger partial charge on any atom is -0.494 e. The number of amides is 1. The molecule has 0 fully saturated rings. The van der Waals surface area contributed by atoms with Crippen LogP contribution in [0, 0.1) is 27.7 Å². The molecule has 0 saturated carbocycles. The Labute approximate surface area is 299 Å². The van der Waals surface area contributed by atoms with E-state index in [0.717, 1.165) is 66.4 Å². The molecule has 5 heterocycles. The number of rotatable bonds is 8. The molecule has 4 aromatic heterocycles. The number of carbonyl (C=O) groups excluding carboxylic acids is 1. The molecule has 0 saturated heterocycles. The number of aryl methyl sites for hydroxylation is 6. The number of aromatic carboxylic acids is 1. The van der Waals surface area contributed by atoms with E-state index >= 15 is 0 Å². The number of anilines is 1. The van der Waals surface area contributed by atoms with Crippen LogP contribution in [0.5, 0.6) is 5.75 Å². The van der Waals surface area contributed by atoms with Crippen molar-refractivity contribution in [2.45, 2.75) is 53.5 Å². The van der Waals surface area contributed by atoms with Crippen LogP contribution in [0.4, 0.5) is 5.69 Å². The number of pyridine rings is 1. The molecule has 0 radical (unpaired) electrons. The van der Waals surface area contributed by atoms with Gasteiger partial charge in [-0.25, -0.2) is 19.7 Å². The van der Waals surface area contributed by atoms with Crippen LogP contribution in [0.25, 0.3) is 32.9 Å². The maximum atomic E-state index is 14.9. The molecule has 1 atom stereocenters. The standard InChI is InChI=1S/C38H36Cl2N6O4/c1-19-12-24(13-20(2)34(19)40)50-11-7-8-25-26-9-10-28(39)33(32-22(4)42-18-43-23(32)5)35(26)46-21(3)16-45(37(47)36(25)46)31-17-44(6)30-15-41-29(38(48)49)14-27(30)31/h9-10,12-15,17-18,21H,7-8,11,16H2,1-6H3,(H,48,49)/t21-/m1/s1. The summed E-state index contributed by atoms with van der Waals surface area (Å²) in [5, 5.41) is 12.5. The molecule has 10 nitrogen and oxygen atoms in total. The predicted molar refractivity (Wildman–Crippen MR) is 196 cm³/mol. The van der Waals surface area contributed by atoms with Gasteiger partial charge in [-0.05, 0) is 88.4 Å². The lowest BCUT2D eigenvalue weighted by Gasteiger charge is -2.34. The van der Waals surface area contributed by atoms with Gasteiger partial charge in [0.2, 0.25) is 0 Å². The van der Waals surface area contributed by atoms with E-state index in [1.54, 1.807) is 11.2 Å². The first kappa shape index (κ1) is 33.6. The van der Waals surface area contributed by atoms with Crippen LogP contribution in [0.2, 0.25) is 10.0 Å². The molecule has 2 aromatic carbocycles. The maximum absolute atomic E-state index is 14.9. The number of benzene rings is 2. The predicted octanol–water partition coefficient (Wildman–Crippen LogP) is 8.46. The third-order valence-corrected chi connectivity index (χ3v) is 10.6. The average molecular weight is 712 g/mol. The maximum Gasteiger partial charge on any atom is 0.354 e. The van der Waals surface area contributed by atoms with Crippen molar-refractivity contribution in [2.24, 2.45) is 7.05 Å². The normalized spacial score (nSPS) is 14.5. The van der Waals surface area contributed by atoms with Gasteiger partial charge in [0.25, 0.3) is 5.91 Å². The van der Waals surface area contributed by atoms with Crippen molar-refractivity contribution in [2.75, 3.05) is 18.1 Å². The Balaban J connectivity index is 1.38. The molecule has 12 heteroatoms. The summed E-state index contributed by atoms with van der Waals surface area (Å²) in [4.78, 5) is 41.6. The molecule has 6 aromatic rings. The van der Waals surface area contributed by atoms with Crippen LogP contribution in [-0.4, -0.2) is 54.2 Å². The fraction of sp³-hybridized carbons (Fsp3) is 0.289. The Morgan fingerprint density at radius 2 is 1.70 bits per heavy atom. The molecule has 1 aliphatic rings. The molecule has 0 spiro atoms. The molecule has 50 heavy (non-hydrogen) atoms. The Bertz CT molecular complexity index is 2340. The van der Waals surface area contributed by atoms with Crippen LogP contribution in [0.3, 0.4) is 0 Å². The van der Waals surface area contributed by atoms with E-state index in [4.69, 9.17) is 27.9 Å². The second kappa shape index (κ2) is 12.8. The van der Waals surface area contributed by atoms with Crippen molar-refractivity contribution in [3.8, 4) is 16.9 Å². The van der Waals surface area contributed by atoms with Gasteiger partial charge in [0.15, 0.2) is 0 Å². The zero-order valence-corrected chi connectivity index (χ0v) is 30.1. The van der Waals surface area contributed by atoms with Gasteiger partial charge >= 0.3 is 5.97 Å². The lowest BCUT2D eigenvalue weighted by Crippen LogP contribution is -2.42. The minimum absolute atomic E-state index is 0.0848. The van der Waals surface area contributed by atoms with E-state index in [0.29, 0.717) is 47.8 Å². The molecule has 256 valence electrons. The summed E-state index contributed by atoms with van der Waals surface area (Å²) in [5.74, 6) is -0.562. The zero-order chi connectivity index (χ0) is 35.6. The van der Waals surface area contributed by atoms with Crippen molar-refractivity contribution in [1.29, 1.82) is 0 Å². The highest BCUT2D eigenvalue weighted by Crippen LogP contribution is 2.45. The summed E-state index contributed by atoms with van der Waals surface area (Å²) in [6, 6.07) is 9.11. The van der Waals surface area contributed by atoms with Crippen LogP contribution in [0.1, 0.15) is 68.4 Å². The first-order valence-corrected chi connectivity index (χ1v) is 17.2. The quantitative estimate of drug-likeness (QED) is 0.158. The number of hydrogen-bond donors (Lipinski definition) is 1. The number of carbonyl (C=O) groups is 2. The molecule has 0 unspecified atom stereocenters. The van der Waals surface area contributed by atoms with Gasteiger partial charge in [-0.3, -0.25) is 4.79 Å². The van der Waals surface area contributed by atoms with Gasteiger partial charge in [0.05, 0.1) is 34.5 Å². The fourth-order valence-corrected chi connectivity index (χ4v) is 7.70. The third kappa shape index (κ3) is 5.47. The topological polar surface area (TPSA) is 115 Å². The molecule has 7 rings (SSSR count). The first-order valence-electron chi connectivity index (χ1n) is 16.4. The summed E-state index contributed by atoms with van der Waals surface area (Å²) >= 11 is 13.4. The number of halogens is 2. The molecule has 1 aliphatic heterocycles. The lowest BCUT2D eigenvalue weighted by atomic mass is 9.97. The van der Waals surface area contributed by atoms with Gasteiger partial charge in [0.1, 0.15) is 23.5 Å². The Hall–Kier alpha value is -4.93. The summed E-state index contributed by atoms with van der Waals surface area (Å²) in [6.07, 6.45) is 6.14. The molecule has 1 N–H and O–H groups in total. The summed E-state index contributed by atoms with van der Waals surface area (Å²) in [5.41, 5.74) is 8.73. The van der Waals surface area contributed by atoms with E-state index in [1.807, 2.05) is 69.8 Å². The molecular formula is C38H36Cl2N6O4. The van der Waals surface area contributed by atoms with Gasteiger partial charge in [0, 0.05) is 64.1 Å². The Morgan fingerprint density at radius 3 is 2.38 bits per heavy atom. The molecular weight excluding hydrogens is 675 g/mol. The Kier molecular flexibility index (Phi) is 8.56. The second-order valence-corrected chi connectivity index (χ2v) is 13.8. The zero-order valence-electron chi connectivity index (χ0n) is 28.6. The first-order chi connectivity index (χ1) is 23.9. The van der Waals surface area contributed by atoms with Gasteiger partial charge < -0.3 is 23.9 Å². The number of hydrogen-bond acceptors (Lipinski definition) is 6. The smallest absolute Gasteiger partial charge is 0.354 e. The number of fused-ring (bicyclic) bond motifs is 4. The highest BCUT2D eigenvalue weighted by atomic mass is 35.5. The average Bonchev–Trinajstić information content (AvgIpc) is 3.59. The fourth-order valence-electron chi connectivity index (χ4n) is 7.35. The van der Waals surface area contributed by atoms with Crippen molar-refractivity contribution in [3.05, 3.63) is 98.6 Å². The Morgan fingerprint density at radius 1 is 1.00 bits per heavy atom. The number of ether oxygens (including phenoxy) is 1. The highest BCUT2D eigenvalue weighted by molar-refractivity contribution is 6.35. The van der Waals surface area contributed by atoms with E-state index in [9.17, 15) is 14.7 Å². The van der Waals surface area contributed by atoms with E-state index < -0.39 is 5.97 Å². The number of carboxylic acids is 1. The summed E-state index contributed by atoms with van der Waals surface area (Å²) < 4.78 is 10.2. The van der Waals surface area contributed by atoms with Gasteiger partial charge in [-0.1, -0.05) is 29.3 Å². The third-order valence-electron chi connectivity index (χ3n) is 9.65. The molecule has 1 amide bonds. The second-order valence-electron chi connectivity index (χ2n) is 13.0. The van der Waals surface area contributed by atoms with Crippen LogP contribution in [0.15, 0.2) is 49.1 Å². The van der Waals surface area contributed by atoms with Crippen molar-refractivity contribution in [1.82, 2.24) is 24.1 Å². The number of nitrogens with zero attached hydrogens (tertiary/aromatic N) is 6. The lowest BCUT2D eigenvalue weighted by molar-refractivity contribution is 0.0690. The SMILES string of the molecule is Cc1cc(OCCCc2c3n(c4c(-c5c(C)ncnc5C)c(Cl)ccc24)[C@H](C)CN(c2cn(C)c4cnc(C(=O)O)cc24)C3=O)cc(C)c1Cl. The largest absolute Gasteiger partial charge is 0.494 e. The minimum atomic E-state index is -1.13. The number of carboxylic acid groups (broad SMARTS) is 1. The summed E-state index contributed by atoms with van der Waals surface area (Å²) in [7, 11) is 1.86. The van der Waals surface area contributed by atoms with Crippen LogP contribution >= 0.6 is 23.2 Å². The van der Waals surface area contributed by atoms with E-state index in [2.05, 4.69) is 26.4 Å². The monoisotopic (exact) mass is 710 g/mol. The van der Waals surface area contributed by atoms with Gasteiger partial charge in [-0.2, -0.15) is 0 Å². The molecule has 0 aliphatic carbocycles. The highest BCUT2D eigenvalue weighted by Gasteiger charge is 2.37. The number of aromatic nitrogens is 5. The summed E-state index contributed by atoms with van der Waals surface area (Å²) in [6.45, 7) is 10.7. The van der Waals surface area contributed by atoms with Crippen molar-refractivity contribution in [3.63, 3.8) is 0 Å². The molecule has 0 bridgehead atoms. The van der Waals surface area contributed by atoms with Crippen molar-refractivity contribution < 1.29 is 19.4 Å². The van der Waals surface area contributed by atoms with Crippen molar-refractivity contribution >= 4 is 62.6 Å². The van der Waals surface area contributed by atoms with E-state index in [-0.39, 0.29) is 17.6 Å². The van der Waals surface area contributed by atoms with Crippen LogP contribution in [-0.2, 0) is 13.5 Å². The van der Waals surface area contributed by atoms with Gasteiger partial charge in [-0.15, -0.1) is 0 Å². The van der Waals surface area contributed by atoms with E-state index in [1.165, 1.54) is 12.3 Å². The van der Waals surface area contributed by atoms with Crippen LogP contribution < -0.4 is 9.64 Å².